The number of guanidine groups is 1. The average Bonchev–Trinajstić information content (AvgIpc) is 3.39. The van der Waals surface area contributed by atoms with Crippen molar-refractivity contribution in [3.8, 4) is 0 Å². The molecule has 3 aliphatic rings. The van der Waals surface area contributed by atoms with Gasteiger partial charge in [-0.1, -0.05) is 23.7 Å². The number of ether oxygens (including phenoxy) is 1. The molecule has 0 amide bonds. The summed E-state index contributed by atoms with van der Waals surface area (Å²) in [7, 11) is 1.84. The zero-order valence-electron chi connectivity index (χ0n) is 15.5. The maximum Gasteiger partial charge on any atom is 0.191 e. The fourth-order valence-corrected chi connectivity index (χ4v) is 4.78. The molecule has 0 radical (unpaired) electrons. The van der Waals surface area contributed by atoms with Crippen molar-refractivity contribution in [1.29, 1.82) is 0 Å². The van der Waals surface area contributed by atoms with Crippen LogP contribution in [-0.2, 0) is 4.74 Å². The van der Waals surface area contributed by atoms with Gasteiger partial charge in [0.25, 0.3) is 0 Å². The molecule has 2 bridgehead atoms. The van der Waals surface area contributed by atoms with Crippen LogP contribution < -0.4 is 10.6 Å². The molecule has 6 heteroatoms. The van der Waals surface area contributed by atoms with Crippen molar-refractivity contribution in [3.05, 3.63) is 34.9 Å². The van der Waals surface area contributed by atoms with E-state index in [1.165, 1.54) is 24.8 Å². The Morgan fingerprint density at radius 2 is 2.19 bits per heavy atom. The minimum Gasteiger partial charge on any atom is -0.373 e. The van der Waals surface area contributed by atoms with Crippen LogP contribution in [0.5, 0.6) is 0 Å². The predicted molar refractivity (Wildman–Crippen MR) is 106 cm³/mol. The zero-order valence-corrected chi connectivity index (χ0v) is 16.2. The van der Waals surface area contributed by atoms with Crippen LogP contribution in [0.1, 0.15) is 43.7 Å². The lowest BCUT2D eigenvalue weighted by Gasteiger charge is -2.30. The Morgan fingerprint density at radius 1 is 1.35 bits per heavy atom. The van der Waals surface area contributed by atoms with E-state index in [9.17, 15) is 0 Å². The molecule has 1 aromatic carbocycles. The van der Waals surface area contributed by atoms with Crippen LogP contribution in [0.25, 0.3) is 0 Å². The Morgan fingerprint density at radius 3 is 2.85 bits per heavy atom. The Hall–Kier alpha value is -1.30. The highest BCUT2D eigenvalue weighted by molar-refractivity contribution is 6.30. The molecule has 2 N–H and O–H groups in total. The monoisotopic (exact) mass is 376 g/mol. The topological polar surface area (TPSA) is 48.9 Å². The Kier molecular flexibility index (Phi) is 5.67. The molecule has 26 heavy (non-hydrogen) atoms. The minimum absolute atomic E-state index is 0.311. The highest BCUT2D eigenvalue weighted by Crippen LogP contribution is 2.34. The quantitative estimate of drug-likeness (QED) is 0.612. The molecule has 4 rings (SSSR count). The molecule has 0 saturated carbocycles. The molecule has 3 fully saturated rings. The molecular formula is C20H29ClN4O. The Labute approximate surface area is 161 Å². The molecule has 3 saturated heterocycles. The third-order valence-electron chi connectivity index (χ3n) is 5.93. The summed E-state index contributed by atoms with van der Waals surface area (Å²) in [5, 5.41) is 7.92. The van der Waals surface area contributed by atoms with Gasteiger partial charge in [0.15, 0.2) is 5.96 Å². The van der Waals surface area contributed by atoms with E-state index in [1.54, 1.807) is 0 Å². The first-order valence-electron chi connectivity index (χ1n) is 9.85. The van der Waals surface area contributed by atoms with Crippen molar-refractivity contribution in [2.75, 3.05) is 26.7 Å². The average molecular weight is 377 g/mol. The van der Waals surface area contributed by atoms with Gasteiger partial charge in [-0.2, -0.15) is 0 Å². The summed E-state index contributed by atoms with van der Waals surface area (Å²) in [6.07, 6.45) is 6.80. The summed E-state index contributed by atoms with van der Waals surface area (Å²) in [5.41, 5.74) is 1.27. The lowest BCUT2D eigenvalue weighted by molar-refractivity contribution is 0.0992. The van der Waals surface area contributed by atoms with Crippen molar-refractivity contribution in [2.45, 2.75) is 56.4 Å². The van der Waals surface area contributed by atoms with Gasteiger partial charge >= 0.3 is 0 Å². The van der Waals surface area contributed by atoms with E-state index in [0.29, 0.717) is 24.3 Å². The molecule has 0 spiro atoms. The van der Waals surface area contributed by atoms with Crippen LogP contribution in [0.2, 0.25) is 5.02 Å². The SMILES string of the molecule is CN=C(NCC(c1cccc(Cl)c1)N1CCCC1)NC1CC2CCC1O2. The summed E-state index contributed by atoms with van der Waals surface area (Å²) in [6.45, 7) is 3.11. The maximum atomic E-state index is 6.25. The van der Waals surface area contributed by atoms with Crippen molar-refractivity contribution in [2.24, 2.45) is 4.99 Å². The molecule has 4 atom stereocenters. The van der Waals surface area contributed by atoms with Gasteiger partial charge in [-0.05, 0) is 62.9 Å². The molecular weight excluding hydrogens is 348 g/mol. The molecule has 3 heterocycles. The van der Waals surface area contributed by atoms with Gasteiger partial charge in [0.1, 0.15) is 0 Å². The third kappa shape index (κ3) is 4.00. The fourth-order valence-electron chi connectivity index (χ4n) is 4.58. The van der Waals surface area contributed by atoms with Crippen LogP contribution in [0, 0.1) is 0 Å². The smallest absolute Gasteiger partial charge is 0.191 e. The molecule has 0 aromatic heterocycles. The standard InChI is InChI=1S/C20H29ClN4O/c1-22-20(24-17-12-16-7-8-19(17)26-16)23-13-18(25-9-2-3-10-25)14-5-4-6-15(21)11-14/h4-6,11,16-19H,2-3,7-10,12-13H2,1H3,(H2,22,23,24). The molecule has 4 unspecified atom stereocenters. The van der Waals surface area contributed by atoms with Crippen LogP contribution in [0.4, 0.5) is 0 Å². The number of likely N-dealkylation sites (tertiary alicyclic amines) is 1. The summed E-state index contributed by atoms with van der Waals surface area (Å²) >= 11 is 6.25. The van der Waals surface area contributed by atoms with E-state index in [0.717, 1.165) is 43.5 Å². The number of halogens is 1. The summed E-state index contributed by atoms with van der Waals surface area (Å²) in [5.74, 6) is 0.873. The van der Waals surface area contributed by atoms with Gasteiger partial charge in [0.2, 0.25) is 0 Å². The second kappa shape index (κ2) is 8.15. The number of nitrogens with zero attached hydrogens (tertiary/aromatic N) is 2. The number of hydrogen-bond acceptors (Lipinski definition) is 3. The summed E-state index contributed by atoms with van der Waals surface area (Å²) in [4.78, 5) is 6.99. The number of benzene rings is 1. The second-order valence-electron chi connectivity index (χ2n) is 7.63. The normalized spacial score (nSPS) is 29.9. The highest BCUT2D eigenvalue weighted by Gasteiger charge is 2.41. The lowest BCUT2D eigenvalue weighted by atomic mass is 9.96. The molecule has 142 valence electrons. The van der Waals surface area contributed by atoms with Crippen molar-refractivity contribution in [3.63, 3.8) is 0 Å². The van der Waals surface area contributed by atoms with Gasteiger partial charge < -0.3 is 15.4 Å². The molecule has 0 aliphatic carbocycles. The van der Waals surface area contributed by atoms with E-state index in [1.807, 2.05) is 19.2 Å². The van der Waals surface area contributed by atoms with E-state index in [-0.39, 0.29) is 0 Å². The largest absolute Gasteiger partial charge is 0.373 e. The van der Waals surface area contributed by atoms with E-state index < -0.39 is 0 Å². The first kappa shape index (κ1) is 18.1. The Bertz CT molecular complexity index is 646. The lowest BCUT2D eigenvalue weighted by Crippen LogP contribution is -2.49. The molecule has 3 aliphatic heterocycles. The van der Waals surface area contributed by atoms with Gasteiger partial charge in [-0.15, -0.1) is 0 Å². The third-order valence-corrected chi connectivity index (χ3v) is 6.16. The summed E-state index contributed by atoms with van der Waals surface area (Å²) in [6, 6.07) is 8.94. The predicted octanol–water partition coefficient (Wildman–Crippen LogP) is 2.96. The van der Waals surface area contributed by atoms with Crippen molar-refractivity contribution < 1.29 is 4.74 Å². The molecule has 5 nitrogen and oxygen atoms in total. The van der Waals surface area contributed by atoms with Gasteiger partial charge in [0.05, 0.1) is 24.3 Å². The minimum atomic E-state index is 0.311. The van der Waals surface area contributed by atoms with E-state index >= 15 is 0 Å². The molecule has 1 aromatic rings. The zero-order chi connectivity index (χ0) is 17.9. The van der Waals surface area contributed by atoms with Gasteiger partial charge in [-0.3, -0.25) is 9.89 Å². The fraction of sp³-hybridized carbons (Fsp3) is 0.650. The number of fused-ring (bicyclic) bond motifs is 2. The van der Waals surface area contributed by atoms with E-state index in [4.69, 9.17) is 16.3 Å². The van der Waals surface area contributed by atoms with Crippen LogP contribution in [-0.4, -0.2) is 55.8 Å². The van der Waals surface area contributed by atoms with Crippen LogP contribution >= 0.6 is 11.6 Å². The number of hydrogen-bond donors (Lipinski definition) is 2. The van der Waals surface area contributed by atoms with Crippen molar-refractivity contribution >= 4 is 17.6 Å². The highest BCUT2D eigenvalue weighted by atomic mass is 35.5. The van der Waals surface area contributed by atoms with Gasteiger partial charge in [0, 0.05) is 18.6 Å². The number of aliphatic imine (C=N–C) groups is 1. The van der Waals surface area contributed by atoms with Crippen LogP contribution in [0.15, 0.2) is 29.3 Å². The maximum absolute atomic E-state index is 6.25. The number of nitrogens with one attached hydrogen (secondary N) is 2. The number of rotatable bonds is 5. The second-order valence-corrected chi connectivity index (χ2v) is 8.06. The first-order chi connectivity index (χ1) is 12.7. The van der Waals surface area contributed by atoms with Crippen LogP contribution in [0.3, 0.4) is 0 Å². The first-order valence-corrected chi connectivity index (χ1v) is 10.2. The van der Waals surface area contributed by atoms with Gasteiger partial charge in [-0.25, -0.2) is 0 Å². The summed E-state index contributed by atoms with van der Waals surface area (Å²) < 4.78 is 5.95. The van der Waals surface area contributed by atoms with Crippen molar-refractivity contribution in [1.82, 2.24) is 15.5 Å². The Balaban J connectivity index is 1.40. The van der Waals surface area contributed by atoms with E-state index in [2.05, 4.69) is 32.7 Å².